The Kier molecular flexibility index (Phi) is 8.69. The van der Waals surface area contributed by atoms with Crippen LogP contribution < -0.4 is 16.4 Å². The summed E-state index contributed by atoms with van der Waals surface area (Å²) in [6, 6.07) is 16.8. The van der Waals surface area contributed by atoms with Crippen molar-refractivity contribution in [1.82, 2.24) is 10.6 Å². The first kappa shape index (κ1) is 21.9. The number of hydrogen-bond acceptors (Lipinski definition) is 4. The Bertz CT molecular complexity index is 796. The van der Waals surface area contributed by atoms with Crippen LogP contribution in [0, 0.1) is 0 Å². The van der Waals surface area contributed by atoms with Crippen LogP contribution in [0.4, 0.5) is 4.79 Å². The number of rotatable bonds is 10. The van der Waals surface area contributed by atoms with Crippen LogP contribution in [0.3, 0.4) is 0 Å². The van der Waals surface area contributed by atoms with E-state index in [-0.39, 0.29) is 12.5 Å². The third kappa shape index (κ3) is 7.65. The lowest BCUT2D eigenvalue weighted by molar-refractivity contribution is -0.150. The highest BCUT2D eigenvalue weighted by Crippen LogP contribution is 2.17. The molecule has 29 heavy (non-hydrogen) atoms. The number of amides is 3. The van der Waals surface area contributed by atoms with Crippen molar-refractivity contribution >= 4 is 17.9 Å². The Hall–Kier alpha value is -3.35. The topological polar surface area (TPSA) is 111 Å². The summed E-state index contributed by atoms with van der Waals surface area (Å²) in [7, 11) is 0. The fourth-order valence-electron chi connectivity index (χ4n) is 2.98. The Morgan fingerprint density at radius 3 is 2.17 bits per heavy atom. The minimum Gasteiger partial charge on any atom is -0.454 e. The largest absolute Gasteiger partial charge is 0.454 e. The summed E-state index contributed by atoms with van der Waals surface area (Å²) in [5, 5.41) is 5.26. The molecule has 7 heteroatoms. The van der Waals surface area contributed by atoms with Crippen molar-refractivity contribution in [1.29, 1.82) is 0 Å². The van der Waals surface area contributed by atoms with E-state index >= 15 is 0 Å². The number of nitrogens with one attached hydrogen (secondary N) is 2. The summed E-state index contributed by atoms with van der Waals surface area (Å²) in [5.74, 6) is -1.12. The molecular formula is C22H27N3O4. The Labute approximate surface area is 170 Å². The van der Waals surface area contributed by atoms with Crippen molar-refractivity contribution in [2.75, 3.05) is 6.61 Å². The van der Waals surface area contributed by atoms with Gasteiger partial charge in [-0.2, -0.15) is 0 Å². The van der Waals surface area contributed by atoms with Crippen LogP contribution in [0.25, 0.3) is 0 Å². The van der Waals surface area contributed by atoms with Crippen molar-refractivity contribution in [2.24, 2.45) is 5.73 Å². The highest BCUT2D eigenvalue weighted by atomic mass is 16.5. The van der Waals surface area contributed by atoms with Crippen LogP contribution in [0.1, 0.15) is 36.9 Å². The van der Waals surface area contributed by atoms with Crippen molar-refractivity contribution < 1.29 is 19.1 Å². The second-order valence-corrected chi connectivity index (χ2v) is 6.68. The van der Waals surface area contributed by atoms with Gasteiger partial charge in [0.25, 0.3) is 5.91 Å². The van der Waals surface area contributed by atoms with E-state index in [4.69, 9.17) is 10.5 Å². The van der Waals surface area contributed by atoms with Crippen LogP contribution in [-0.4, -0.2) is 30.6 Å². The molecule has 0 aliphatic heterocycles. The van der Waals surface area contributed by atoms with E-state index in [9.17, 15) is 14.4 Å². The molecule has 2 aromatic rings. The highest BCUT2D eigenvalue weighted by molar-refractivity contribution is 5.85. The molecule has 4 N–H and O–H groups in total. The van der Waals surface area contributed by atoms with E-state index in [1.807, 2.05) is 67.6 Å². The maximum atomic E-state index is 12.4. The number of nitrogens with two attached hydrogens (primary N) is 1. The molecule has 2 atom stereocenters. The molecule has 7 nitrogen and oxygen atoms in total. The zero-order valence-corrected chi connectivity index (χ0v) is 16.5. The molecule has 0 aromatic heterocycles. The van der Waals surface area contributed by atoms with Gasteiger partial charge in [0.1, 0.15) is 6.04 Å². The molecule has 0 unspecified atom stereocenters. The fraction of sp³-hybridized carbons (Fsp3) is 0.318. The van der Waals surface area contributed by atoms with Crippen molar-refractivity contribution in [3.63, 3.8) is 0 Å². The molecule has 0 bridgehead atoms. The third-order valence-corrected chi connectivity index (χ3v) is 4.34. The molecule has 3 amide bonds. The molecule has 2 rings (SSSR count). The molecule has 2 aromatic carbocycles. The standard InChI is InChI=1S/C22H27N3O4/c1-2-9-18(17-12-7-4-8-13-17)24-20(26)15-29-21(27)19(25-22(23)28)14-16-10-5-3-6-11-16/h3-8,10-13,18-19H,2,9,14-15H2,1H3,(H,24,26)(H3,23,25,28)/t18-,19-/m0/s1. The number of carbonyl (C=O) groups excluding carboxylic acids is 3. The first-order valence-electron chi connectivity index (χ1n) is 9.60. The lowest BCUT2D eigenvalue weighted by Crippen LogP contribution is -2.46. The van der Waals surface area contributed by atoms with Crippen LogP contribution in [0.15, 0.2) is 60.7 Å². The molecule has 0 spiro atoms. The Morgan fingerprint density at radius 1 is 0.966 bits per heavy atom. The second-order valence-electron chi connectivity index (χ2n) is 6.68. The molecule has 0 radical (unpaired) electrons. The van der Waals surface area contributed by atoms with E-state index < -0.39 is 30.6 Å². The average Bonchev–Trinajstić information content (AvgIpc) is 2.72. The number of ether oxygens (including phenoxy) is 1. The summed E-state index contributed by atoms with van der Waals surface area (Å²) in [6.45, 7) is 1.60. The normalized spacial score (nSPS) is 12.4. The number of urea groups is 1. The quantitative estimate of drug-likeness (QED) is 0.535. The van der Waals surface area contributed by atoms with Crippen LogP contribution in [-0.2, 0) is 20.7 Å². The van der Waals surface area contributed by atoms with E-state index in [1.54, 1.807) is 0 Å². The molecule has 0 fully saturated rings. The average molecular weight is 397 g/mol. The Morgan fingerprint density at radius 2 is 1.59 bits per heavy atom. The van der Waals surface area contributed by atoms with Crippen LogP contribution in [0.2, 0.25) is 0 Å². The van der Waals surface area contributed by atoms with Gasteiger partial charge in [0.05, 0.1) is 6.04 Å². The zero-order valence-electron chi connectivity index (χ0n) is 16.5. The summed E-state index contributed by atoms with van der Waals surface area (Å²) in [6.07, 6.45) is 1.87. The smallest absolute Gasteiger partial charge is 0.329 e. The van der Waals surface area contributed by atoms with Gasteiger partial charge in [0.15, 0.2) is 6.61 Å². The monoisotopic (exact) mass is 397 g/mol. The number of carbonyl (C=O) groups is 3. The van der Waals surface area contributed by atoms with E-state index in [0.29, 0.717) is 0 Å². The minimum absolute atomic E-state index is 0.156. The van der Waals surface area contributed by atoms with Gasteiger partial charge in [0, 0.05) is 6.42 Å². The maximum Gasteiger partial charge on any atom is 0.329 e. The van der Waals surface area contributed by atoms with Crippen molar-refractivity contribution in [2.45, 2.75) is 38.3 Å². The second kappa shape index (κ2) is 11.5. The van der Waals surface area contributed by atoms with Gasteiger partial charge in [0.2, 0.25) is 0 Å². The molecule has 0 saturated carbocycles. The molecule has 0 aliphatic rings. The number of primary amides is 1. The molecule has 154 valence electrons. The SMILES string of the molecule is CCC[C@H](NC(=O)COC(=O)[C@H](Cc1ccccc1)NC(N)=O)c1ccccc1. The van der Waals surface area contributed by atoms with Gasteiger partial charge < -0.3 is 21.1 Å². The summed E-state index contributed by atoms with van der Waals surface area (Å²) in [5.41, 5.74) is 6.99. The lowest BCUT2D eigenvalue weighted by atomic mass is 10.0. The van der Waals surface area contributed by atoms with Crippen LogP contribution >= 0.6 is 0 Å². The summed E-state index contributed by atoms with van der Waals surface area (Å²) < 4.78 is 5.13. The van der Waals surface area contributed by atoms with Gasteiger partial charge in [-0.05, 0) is 17.5 Å². The number of hydrogen-bond donors (Lipinski definition) is 3. The van der Waals surface area contributed by atoms with Gasteiger partial charge in [-0.3, -0.25) is 4.79 Å². The van der Waals surface area contributed by atoms with Crippen molar-refractivity contribution in [3.8, 4) is 0 Å². The number of benzene rings is 2. The first-order valence-corrected chi connectivity index (χ1v) is 9.60. The fourth-order valence-corrected chi connectivity index (χ4v) is 2.98. The van der Waals surface area contributed by atoms with Gasteiger partial charge in [-0.1, -0.05) is 74.0 Å². The van der Waals surface area contributed by atoms with E-state index in [2.05, 4.69) is 10.6 Å². The molecular weight excluding hydrogens is 370 g/mol. The zero-order chi connectivity index (χ0) is 21.1. The minimum atomic E-state index is -0.969. The molecule has 0 aliphatic carbocycles. The molecule has 0 saturated heterocycles. The summed E-state index contributed by atoms with van der Waals surface area (Å²) >= 11 is 0. The van der Waals surface area contributed by atoms with E-state index in [1.165, 1.54) is 0 Å². The van der Waals surface area contributed by atoms with Gasteiger partial charge >= 0.3 is 12.0 Å². The highest BCUT2D eigenvalue weighted by Gasteiger charge is 2.23. The molecule has 0 heterocycles. The van der Waals surface area contributed by atoms with Crippen LogP contribution in [0.5, 0.6) is 0 Å². The lowest BCUT2D eigenvalue weighted by Gasteiger charge is -2.20. The van der Waals surface area contributed by atoms with Gasteiger partial charge in [-0.15, -0.1) is 0 Å². The van der Waals surface area contributed by atoms with E-state index in [0.717, 1.165) is 24.0 Å². The summed E-state index contributed by atoms with van der Waals surface area (Å²) in [4.78, 5) is 35.9. The third-order valence-electron chi connectivity index (χ3n) is 4.34. The Balaban J connectivity index is 1.93. The van der Waals surface area contributed by atoms with Crippen molar-refractivity contribution in [3.05, 3.63) is 71.8 Å². The number of esters is 1. The predicted octanol–water partition coefficient (Wildman–Crippen LogP) is 2.47. The van der Waals surface area contributed by atoms with Gasteiger partial charge in [-0.25, -0.2) is 9.59 Å². The first-order chi connectivity index (χ1) is 14.0. The predicted molar refractivity (Wildman–Crippen MR) is 110 cm³/mol. The maximum absolute atomic E-state index is 12.4.